The highest BCUT2D eigenvalue weighted by Crippen LogP contribution is 2.33. The molecule has 1 fully saturated rings. The molecule has 1 saturated heterocycles. The second-order valence-corrected chi connectivity index (χ2v) is 7.50. The zero-order valence-electron chi connectivity index (χ0n) is 15.3. The van der Waals surface area contributed by atoms with Crippen LogP contribution >= 0.6 is 0 Å². The van der Waals surface area contributed by atoms with Crippen molar-refractivity contribution in [2.45, 2.75) is 58.2 Å². The molecule has 4 rings (SSSR count). The fourth-order valence-corrected chi connectivity index (χ4v) is 3.88. The van der Waals surface area contributed by atoms with Crippen LogP contribution in [-0.4, -0.2) is 31.6 Å². The van der Waals surface area contributed by atoms with Crippen LogP contribution in [0.15, 0.2) is 24.5 Å². The number of imide groups is 1. The van der Waals surface area contributed by atoms with Gasteiger partial charge >= 0.3 is 6.03 Å². The van der Waals surface area contributed by atoms with Gasteiger partial charge in [-0.1, -0.05) is 18.2 Å². The highest BCUT2D eigenvalue weighted by molar-refractivity contribution is 6.07. The quantitative estimate of drug-likeness (QED) is 0.856. The summed E-state index contributed by atoms with van der Waals surface area (Å²) < 4.78 is 1.73. The Morgan fingerprint density at radius 3 is 2.77 bits per heavy atom. The molecular weight excluding hydrogens is 330 g/mol. The topological polar surface area (TPSA) is 80.1 Å². The minimum atomic E-state index is -1.04. The lowest BCUT2D eigenvalue weighted by Crippen LogP contribution is -2.41. The average Bonchev–Trinajstić information content (AvgIpc) is 3.30. The lowest BCUT2D eigenvalue weighted by molar-refractivity contribution is -0.131. The van der Waals surface area contributed by atoms with Crippen molar-refractivity contribution < 1.29 is 9.59 Å². The smallest absolute Gasteiger partial charge is 0.319 e. The van der Waals surface area contributed by atoms with E-state index in [0.717, 1.165) is 24.8 Å². The van der Waals surface area contributed by atoms with E-state index in [9.17, 15) is 9.59 Å². The summed E-state index contributed by atoms with van der Waals surface area (Å²) in [6.45, 7) is 5.86. The van der Waals surface area contributed by atoms with E-state index in [0.29, 0.717) is 5.82 Å². The van der Waals surface area contributed by atoms with Crippen molar-refractivity contribution >= 4 is 11.9 Å². The predicted octanol–water partition coefficient (Wildman–Crippen LogP) is 2.31. The number of nitrogens with one attached hydrogen (secondary N) is 1. The molecule has 0 spiro atoms. The number of urea groups is 1. The SMILES string of the molecule is CC(C)n1ncnc1CN1C(=O)NC(C)(c2ccc3c(c2)CCC3)C1=O. The minimum Gasteiger partial charge on any atom is -0.319 e. The molecule has 2 heterocycles. The van der Waals surface area contributed by atoms with E-state index in [1.807, 2.05) is 19.9 Å². The Kier molecular flexibility index (Phi) is 3.82. The van der Waals surface area contributed by atoms with Crippen molar-refractivity contribution in [2.75, 3.05) is 0 Å². The number of fused-ring (bicyclic) bond motifs is 1. The first-order valence-electron chi connectivity index (χ1n) is 9.05. The van der Waals surface area contributed by atoms with Gasteiger partial charge < -0.3 is 5.32 Å². The van der Waals surface area contributed by atoms with E-state index in [1.165, 1.54) is 22.4 Å². The molecule has 1 N–H and O–H groups in total. The van der Waals surface area contributed by atoms with Crippen LogP contribution in [0.4, 0.5) is 4.79 Å². The molecule has 1 aliphatic heterocycles. The van der Waals surface area contributed by atoms with E-state index in [1.54, 1.807) is 11.6 Å². The van der Waals surface area contributed by atoms with Crippen LogP contribution in [0, 0.1) is 0 Å². The maximum absolute atomic E-state index is 13.1. The van der Waals surface area contributed by atoms with E-state index < -0.39 is 11.6 Å². The first-order valence-corrected chi connectivity index (χ1v) is 9.05. The second kappa shape index (κ2) is 5.93. The fraction of sp³-hybridized carbons (Fsp3) is 0.474. The van der Waals surface area contributed by atoms with E-state index in [2.05, 4.69) is 27.5 Å². The number of nitrogens with zero attached hydrogens (tertiary/aromatic N) is 4. The standard InChI is InChI=1S/C19H23N5O2/c1-12(2)24-16(20-11-21-24)10-23-17(25)19(3,22-18(23)26)15-8-7-13-5-4-6-14(13)9-15/h7-9,11-12H,4-6,10H2,1-3H3,(H,22,26). The molecule has 2 aromatic rings. The second-order valence-electron chi connectivity index (χ2n) is 7.50. The van der Waals surface area contributed by atoms with E-state index in [-0.39, 0.29) is 18.5 Å². The summed E-state index contributed by atoms with van der Waals surface area (Å²) in [7, 11) is 0. The Bertz CT molecular complexity index is 888. The maximum Gasteiger partial charge on any atom is 0.325 e. The number of benzene rings is 1. The van der Waals surface area contributed by atoms with Gasteiger partial charge in [0, 0.05) is 6.04 Å². The lowest BCUT2D eigenvalue weighted by Gasteiger charge is -2.23. The van der Waals surface area contributed by atoms with Crippen LogP contribution in [0.1, 0.15) is 55.7 Å². The summed E-state index contributed by atoms with van der Waals surface area (Å²) in [5.74, 6) is 0.348. The fourth-order valence-electron chi connectivity index (χ4n) is 3.88. The third-order valence-corrected chi connectivity index (χ3v) is 5.39. The highest BCUT2D eigenvalue weighted by atomic mass is 16.2. The number of hydrogen-bond donors (Lipinski definition) is 1. The van der Waals surface area contributed by atoms with Gasteiger partial charge in [0.2, 0.25) is 0 Å². The van der Waals surface area contributed by atoms with Gasteiger partial charge in [-0.3, -0.25) is 9.69 Å². The summed E-state index contributed by atoms with van der Waals surface area (Å²) >= 11 is 0. The number of amides is 3. The van der Waals surface area contributed by atoms with Crippen molar-refractivity contribution in [3.8, 4) is 0 Å². The van der Waals surface area contributed by atoms with Gasteiger partial charge in [0.25, 0.3) is 5.91 Å². The van der Waals surface area contributed by atoms with Crippen LogP contribution in [0.2, 0.25) is 0 Å². The van der Waals surface area contributed by atoms with Gasteiger partial charge in [-0.25, -0.2) is 14.5 Å². The van der Waals surface area contributed by atoms with Crippen LogP contribution < -0.4 is 5.32 Å². The maximum atomic E-state index is 13.1. The highest BCUT2D eigenvalue weighted by Gasteiger charge is 2.49. The van der Waals surface area contributed by atoms with Crippen molar-refractivity contribution in [1.29, 1.82) is 0 Å². The Labute approximate surface area is 152 Å². The molecule has 3 amide bonds. The Morgan fingerprint density at radius 2 is 2.00 bits per heavy atom. The van der Waals surface area contributed by atoms with Crippen molar-refractivity contribution in [3.05, 3.63) is 47.0 Å². The number of rotatable bonds is 4. The third-order valence-electron chi connectivity index (χ3n) is 5.39. The van der Waals surface area contributed by atoms with Crippen LogP contribution in [-0.2, 0) is 29.7 Å². The molecule has 7 nitrogen and oxygen atoms in total. The molecule has 1 aromatic carbocycles. The molecule has 26 heavy (non-hydrogen) atoms. The number of carbonyl (C=O) groups excluding carboxylic acids is 2. The van der Waals surface area contributed by atoms with Gasteiger partial charge in [0.05, 0.1) is 6.54 Å². The molecule has 0 saturated carbocycles. The Morgan fingerprint density at radius 1 is 1.23 bits per heavy atom. The molecule has 136 valence electrons. The average molecular weight is 353 g/mol. The van der Waals surface area contributed by atoms with Crippen molar-refractivity contribution in [1.82, 2.24) is 25.0 Å². The van der Waals surface area contributed by atoms with Gasteiger partial charge in [0.1, 0.15) is 17.7 Å². The van der Waals surface area contributed by atoms with Gasteiger partial charge in [0.15, 0.2) is 0 Å². The van der Waals surface area contributed by atoms with Gasteiger partial charge in [-0.15, -0.1) is 0 Å². The Hall–Kier alpha value is -2.70. The minimum absolute atomic E-state index is 0.108. The van der Waals surface area contributed by atoms with Crippen molar-refractivity contribution in [2.24, 2.45) is 0 Å². The first kappa shape index (κ1) is 16.8. The number of carbonyl (C=O) groups is 2. The number of aromatic nitrogens is 3. The van der Waals surface area contributed by atoms with Crippen molar-refractivity contribution in [3.63, 3.8) is 0 Å². The van der Waals surface area contributed by atoms with Gasteiger partial charge in [-0.05, 0) is 56.7 Å². The van der Waals surface area contributed by atoms with Crippen LogP contribution in [0.5, 0.6) is 0 Å². The Balaban J connectivity index is 1.63. The summed E-state index contributed by atoms with van der Waals surface area (Å²) in [6, 6.07) is 5.83. The number of aryl methyl sites for hydroxylation is 2. The van der Waals surface area contributed by atoms with Gasteiger partial charge in [-0.2, -0.15) is 5.10 Å². The number of hydrogen-bond acceptors (Lipinski definition) is 4. The van der Waals surface area contributed by atoms with E-state index >= 15 is 0 Å². The molecule has 0 radical (unpaired) electrons. The molecule has 1 aliphatic carbocycles. The molecule has 7 heteroatoms. The molecule has 1 aromatic heterocycles. The lowest BCUT2D eigenvalue weighted by atomic mass is 9.89. The summed E-state index contributed by atoms with van der Waals surface area (Å²) in [5.41, 5.74) is 2.42. The molecule has 1 unspecified atom stereocenters. The van der Waals surface area contributed by atoms with Crippen LogP contribution in [0.3, 0.4) is 0 Å². The third kappa shape index (κ3) is 2.50. The molecular formula is C19H23N5O2. The normalized spacial score (nSPS) is 22.2. The largest absolute Gasteiger partial charge is 0.325 e. The zero-order chi connectivity index (χ0) is 18.5. The first-order chi connectivity index (χ1) is 12.4. The molecule has 2 aliphatic rings. The molecule has 1 atom stereocenters. The molecule has 0 bridgehead atoms. The van der Waals surface area contributed by atoms with Crippen LogP contribution in [0.25, 0.3) is 0 Å². The summed E-state index contributed by atoms with van der Waals surface area (Å²) in [5, 5.41) is 7.06. The van der Waals surface area contributed by atoms with E-state index in [4.69, 9.17) is 0 Å². The predicted molar refractivity (Wildman–Crippen MR) is 95.3 cm³/mol. The monoisotopic (exact) mass is 353 g/mol. The summed E-state index contributed by atoms with van der Waals surface area (Å²) in [4.78, 5) is 31.1. The zero-order valence-corrected chi connectivity index (χ0v) is 15.3. The summed E-state index contributed by atoms with van der Waals surface area (Å²) in [6.07, 6.45) is 4.71.